The number of likely N-dealkylation sites (N-methyl/N-ethyl adjacent to an activating group) is 1. The van der Waals surface area contributed by atoms with Crippen molar-refractivity contribution in [3.8, 4) is 0 Å². The lowest BCUT2D eigenvalue weighted by atomic mass is 9.67. The molecule has 26 heavy (non-hydrogen) atoms. The molecule has 148 valence electrons. The van der Waals surface area contributed by atoms with E-state index in [4.69, 9.17) is 4.74 Å². The van der Waals surface area contributed by atoms with E-state index < -0.39 is 11.7 Å². The molecule has 1 fully saturated rings. The normalized spacial score (nSPS) is 23.4. The smallest absolute Gasteiger partial charge is 0.376 e. The molecule has 0 unspecified atom stereocenters. The number of nitrogens with one attached hydrogen (secondary N) is 1. The predicted molar refractivity (Wildman–Crippen MR) is 98.4 cm³/mol. The zero-order valence-electron chi connectivity index (χ0n) is 16.2. The minimum atomic E-state index is -4.32. The first-order valence-electron chi connectivity index (χ1n) is 9.21. The SMILES string of the molecule is CN(C)CCNCC[C@]1(c2cccc(C(F)(F)F)c2)CCOC(C)(C)C1. The number of hydrogen-bond acceptors (Lipinski definition) is 3. The Hall–Kier alpha value is -1.11. The van der Waals surface area contributed by atoms with Crippen LogP contribution in [0.2, 0.25) is 0 Å². The topological polar surface area (TPSA) is 24.5 Å². The number of rotatable bonds is 7. The maximum Gasteiger partial charge on any atom is 0.416 e. The van der Waals surface area contributed by atoms with Crippen molar-refractivity contribution in [2.24, 2.45) is 0 Å². The summed E-state index contributed by atoms with van der Waals surface area (Å²) in [5.41, 5.74) is -0.429. The number of alkyl halides is 3. The highest BCUT2D eigenvalue weighted by Gasteiger charge is 2.42. The lowest BCUT2D eigenvalue weighted by molar-refractivity contribution is -0.137. The van der Waals surface area contributed by atoms with E-state index >= 15 is 0 Å². The van der Waals surface area contributed by atoms with Crippen molar-refractivity contribution in [2.75, 3.05) is 40.3 Å². The van der Waals surface area contributed by atoms with Crippen molar-refractivity contribution in [3.05, 3.63) is 35.4 Å². The molecular formula is C20H31F3N2O. The molecule has 0 aromatic heterocycles. The Morgan fingerprint density at radius 2 is 1.92 bits per heavy atom. The van der Waals surface area contributed by atoms with Gasteiger partial charge in [0.25, 0.3) is 0 Å². The summed E-state index contributed by atoms with van der Waals surface area (Å²) in [6, 6.07) is 5.86. The molecular weight excluding hydrogens is 341 g/mol. The van der Waals surface area contributed by atoms with Crippen LogP contribution in [-0.4, -0.2) is 50.8 Å². The fraction of sp³-hybridized carbons (Fsp3) is 0.700. The molecule has 3 nitrogen and oxygen atoms in total. The number of hydrogen-bond donors (Lipinski definition) is 1. The molecule has 1 saturated heterocycles. The molecule has 1 aliphatic rings. The van der Waals surface area contributed by atoms with Crippen molar-refractivity contribution in [3.63, 3.8) is 0 Å². The van der Waals surface area contributed by atoms with Crippen LogP contribution in [0, 0.1) is 0 Å². The molecule has 0 bridgehead atoms. The number of nitrogens with zero attached hydrogens (tertiary/aromatic N) is 1. The average molecular weight is 372 g/mol. The van der Waals surface area contributed by atoms with Gasteiger partial charge in [-0.3, -0.25) is 0 Å². The highest BCUT2D eigenvalue weighted by molar-refractivity contribution is 5.33. The lowest BCUT2D eigenvalue weighted by Crippen LogP contribution is -2.45. The second-order valence-electron chi connectivity index (χ2n) is 8.20. The third-order valence-corrected chi connectivity index (χ3v) is 5.16. The van der Waals surface area contributed by atoms with E-state index in [9.17, 15) is 13.2 Å². The fourth-order valence-corrected chi connectivity index (χ4v) is 3.86. The number of halogens is 3. The molecule has 1 N–H and O–H groups in total. The van der Waals surface area contributed by atoms with E-state index in [1.807, 2.05) is 34.0 Å². The van der Waals surface area contributed by atoms with Gasteiger partial charge in [-0.15, -0.1) is 0 Å². The van der Waals surface area contributed by atoms with Crippen molar-refractivity contribution in [1.82, 2.24) is 10.2 Å². The Kier molecular flexibility index (Phi) is 6.75. The molecule has 0 radical (unpaired) electrons. The third-order valence-electron chi connectivity index (χ3n) is 5.16. The number of ether oxygens (including phenoxy) is 1. The van der Waals surface area contributed by atoms with Crippen LogP contribution in [0.5, 0.6) is 0 Å². The van der Waals surface area contributed by atoms with Crippen LogP contribution < -0.4 is 5.32 Å². The van der Waals surface area contributed by atoms with Crippen molar-refractivity contribution >= 4 is 0 Å². The first-order valence-corrected chi connectivity index (χ1v) is 9.21. The Bertz CT molecular complexity index is 587. The standard InChI is InChI=1S/C20H31F3N2O/c1-18(2)15-19(9-13-26-18,8-10-24-11-12-25(3)4)16-6-5-7-17(14-16)20(21,22)23/h5-7,14,24H,8-13,15H2,1-4H3/t19-/m0/s1. The van der Waals surface area contributed by atoms with Gasteiger partial charge in [0.15, 0.2) is 0 Å². The van der Waals surface area contributed by atoms with Gasteiger partial charge in [-0.05, 0) is 65.4 Å². The van der Waals surface area contributed by atoms with E-state index in [2.05, 4.69) is 10.2 Å². The summed E-state index contributed by atoms with van der Waals surface area (Å²) in [6.45, 7) is 7.19. The Morgan fingerprint density at radius 3 is 2.54 bits per heavy atom. The van der Waals surface area contributed by atoms with Gasteiger partial charge >= 0.3 is 6.18 Å². The Labute approximate surface area is 154 Å². The maximum atomic E-state index is 13.2. The van der Waals surface area contributed by atoms with Gasteiger partial charge in [0.05, 0.1) is 11.2 Å². The van der Waals surface area contributed by atoms with Crippen LogP contribution in [0.15, 0.2) is 24.3 Å². The monoisotopic (exact) mass is 372 g/mol. The molecule has 1 aromatic carbocycles. The summed E-state index contributed by atoms with van der Waals surface area (Å²) >= 11 is 0. The molecule has 1 aromatic rings. The predicted octanol–water partition coefficient (Wildman–Crippen LogP) is 4.07. The summed E-state index contributed by atoms with van der Waals surface area (Å²) < 4.78 is 45.4. The van der Waals surface area contributed by atoms with Crippen molar-refractivity contribution in [2.45, 2.75) is 50.3 Å². The van der Waals surface area contributed by atoms with Gasteiger partial charge in [0.1, 0.15) is 0 Å². The highest BCUT2D eigenvalue weighted by Crippen LogP contribution is 2.45. The molecule has 0 aliphatic carbocycles. The fourth-order valence-electron chi connectivity index (χ4n) is 3.86. The second-order valence-corrected chi connectivity index (χ2v) is 8.20. The zero-order chi connectivity index (χ0) is 19.4. The molecule has 1 aliphatic heterocycles. The van der Waals surface area contributed by atoms with Crippen molar-refractivity contribution in [1.29, 1.82) is 0 Å². The van der Waals surface area contributed by atoms with Crippen LogP contribution in [0.25, 0.3) is 0 Å². The Balaban J connectivity index is 2.21. The van der Waals surface area contributed by atoms with Crippen LogP contribution in [0.3, 0.4) is 0 Å². The maximum absolute atomic E-state index is 13.2. The van der Waals surface area contributed by atoms with Crippen LogP contribution in [0.1, 0.15) is 44.2 Å². The first-order chi connectivity index (χ1) is 12.0. The summed E-state index contributed by atoms with van der Waals surface area (Å²) in [6.07, 6.45) is -2.06. The minimum Gasteiger partial charge on any atom is -0.376 e. The molecule has 6 heteroatoms. The summed E-state index contributed by atoms with van der Waals surface area (Å²) in [5, 5.41) is 3.43. The summed E-state index contributed by atoms with van der Waals surface area (Å²) in [5.74, 6) is 0. The molecule has 1 atom stereocenters. The van der Waals surface area contributed by atoms with E-state index in [1.165, 1.54) is 12.1 Å². The van der Waals surface area contributed by atoms with Gasteiger partial charge in [-0.1, -0.05) is 18.2 Å². The third kappa shape index (κ3) is 5.69. The highest BCUT2D eigenvalue weighted by atomic mass is 19.4. The van der Waals surface area contributed by atoms with Gasteiger partial charge in [0, 0.05) is 25.1 Å². The van der Waals surface area contributed by atoms with Gasteiger partial charge in [0.2, 0.25) is 0 Å². The quantitative estimate of drug-likeness (QED) is 0.730. The van der Waals surface area contributed by atoms with E-state index in [-0.39, 0.29) is 11.0 Å². The molecule has 0 saturated carbocycles. The lowest BCUT2D eigenvalue weighted by Gasteiger charge is -2.46. The van der Waals surface area contributed by atoms with Crippen molar-refractivity contribution < 1.29 is 17.9 Å². The first kappa shape index (κ1) is 21.2. The molecule has 2 rings (SSSR count). The van der Waals surface area contributed by atoms with Gasteiger partial charge in [-0.25, -0.2) is 0 Å². The summed E-state index contributed by atoms with van der Waals surface area (Å²) in [4.78, 5) is 2.10. The average Bonchev–Trinajstić information content (AvgIpc) is 2.52. The number of benzene rings is 1. The minimum absolute atomic E-state index is 0.297. The van der Waals surface area contributed by atoms with Crippen LogP contribution >= 0.6 is 0 Å². The second kappa shape index (κ2) is 8.28. The van der Waals surface area contributed by atoms with Gasteiger partial charge in [-0.2, -0.15) is 13.2 Å². The molecule has 0 spiro atoms. The largest absolute Gasteiger partial charge is 0.416 e. The summed E-state index contributed by atoms with van der Waals surface area (Å²) in [7, 11) is 4.04. The molecule has 1 heterocycles. The van der Waals surface area contributed by atoms with Crippen LogP contribution in [0.4, 0.5) is 13.2 Å². The Morgan fingerprint density at radius 1 is 1.19 bits per heavy atom. The zero-order valence-corrected chi connectivity index (χ0v) is 16.2. The van der Waals surface area contributed by atoms with Crippen LogP contribution in [-0.2, 0) is 16.3 Å². The molecule has 0 amide bonds. The van der Waals surface area contributed by atoms with E-state index in [0.29, 0.717) is 6.61 Å². The van der Waals surface area contributed by atoms with E-state index in [0.717, 1.165) is 50.5 Å². The van der Waals surface area contributed by atoms with E-state index in [1.54, 1.807) is 0 Å². The van der Waals surface area contributed by atoms with Gasteiger partial charge < -0.3 is 15.0 Å².